The predicted molar refractivity (Wildman–Crippen MR) is 64.1 cm³/mol. The first-order valence-corrected chi connectivity index (χ1v) is 5.09. The Hall–Kier alpha value is -0.770. The predicted octanol–water partition coefficient (Wildman–Crippen LogP) is 3.55. The first-order valence-electron chi connectivity index (χ1n) is 3.96. The third-order valence-electron chi connectivity index (χ3n) is 1.49. The van der Waals surface area contributed by atoms with E-state index in [2.05, 4.69) is 10.5 Å². The molecular formula is C9H7Cl3N2O. The van der Waals surface area contributed by atoms with Gasteiger partial charge in [-0.25, -0.2) is 0 Å². The second kappa shape index (κ2) is 5.35. The number of nitrogens with zero attached hydrogens (tertiary/aromatic N) is 1. The second-order valence-electron chi connectivity index (χ2n) is 2.69. The van der Waals surface area contributed by atoms with E-state index in [0.717, 1.165) is 0 Å². The van der Waals surface area contributed by atoms with Crippen LogP contribution in [0.1, 0.15) is 6.92 Å². The van der Waals surface area contributed by atoms with Crippen molar-refractivity contribution in [2.45, 2.75) is 6.92 Å². The SMILES string of the molecule is CC(=O)C(Cl)=NNc1cc(Cl)ccc1Cl. The fourth-order valence-electron chi connectivity index (χ4n) is 0.771. The van der Waals surface area contributed by atoms with Gasteiger partial charge in [0.15, 0.2) is 11.0 Å². The minimum Gasteiger partial charge on any atom is -0.292 e. The number of hydrogen-bond acceptors (Lipinski definition) is 3. The molecule has 1 N–H and O–H groups in total. The number of carbonyl (C=O) groups excluding carboxylic acids is 1. The molecule has 0 saturated carbocycles. The van der Waals surface area contributed by atoms with E-state index in [1.165, 1.54) is 6.92 Å². The molecule has 0 aromatic heterocycles. The summed E-state index contributed by atoms with van der Waals surface area (Å²) in [6.07, 6.45) is 0. The van der Waals surface area contributed by atoms with Crippen molar-refractivity contribution in [3.8, 4) is 0 Å². The average molecular weight is 266 g/mol. The van der Waals surface area contributed by atoms with Gasteiger partial charge in [-0.3, -0.25) is 10.2 Å². The van der Waals surface area contributed by atoms with Gasteiger partial charge in [-0.2, -0.15) is 5.10 Å². The molecule has 0 atom stereocenters. The molecule has 6 heteroatoms. The van der Waals surface area contributed by atoms with Gasteiger partial charge in [-0.1, -0.05) is 34.8 Å². The molecule has 15 heavy (non-hydrogen) atoms. The molecule has 1 aromatic rings. The van der Waals surface area contributed by atoms with Crippen molar-refractivity contribution < 1.29 is 4.79 Å². The van der Waals surface area contributed by atoms with Crippen LogP contribution in [0.5, 0.6) is 0 Å². The largest absolute Gasteiger partial charge is 0.292 e. The molecule has 0 radical (unpaired) electrons. The van der Waals surface area contributed by atoms with Gasteiger partial charge < -0.3 is 0 Å². The topological polar surface area (TPSA) is 41.5 Å². The van der Waals surface area contributed by atoms with Crippen LogP contribution in [0.2, 0.25) is 10.0 Å². The molecule has 80 valence electrons. The van der Waals surface area contributed by atoms with Crippen LogP contribution < -0.4 is 5.43 Å². The lowest BCUT2D eigenvalue weighted by atomic mass is 10.3. The summed E-state index contributed by atoms with van der Waals surface area (Å²) in [4.78, 5) is 10.8. The summed E-state index contributed by atoms with van der Waals surface area (Å²) in [6, 6.07) is 4.84. The average Bonchev–Trinajstić information content (AvgIpc) is 2.18. The number of nitrogens with one attached hydrogen (secondary N) is 1. The zero-order chi connectivity index (χ0) is 11.4. The number of Topliss-reactive ketones (excluding diaryl/α,β-unsaturated/α-hetero) is 1. The monoisotopic (exact) mass is 264 g/mol. The van der Waals surface area contributed by atoms with E-state index in [1.807, 2.05) is 0 Å². The summed E-state index contributed by atoms with van der Waals surface area (Å²) in [5.74, 6) is -0.331. The highest BCUT2D eigenvalue weighted by molar-refractivity contribution is 6.82. The van der Waals surface area contributed by atoms with Crippen LogP contribution in [-0.4, -0.2) is 11.0 Å². The lowest BCUT2D eigenvalue weighted by molar-refractivity contribution is -0.110. The van der Waals surface area contributed by atoms with Crippen LogP contribution in [0.25, 0.3) is 0 Å². The van der Waals surface area contributed by atoms with E-state index < -0.39 is 0 Å². The molecule has 0 aliphatic heterocycles. The molecule has 0 spiro atoms. The van der Waals surface area contributed by atoms with Crippen molar-refractivity contribution in [1.29, 1.82) is 0 Å². The molecule has 0 aliphatic carbocycles. The van der Waals surface area contributed by atoms with Gasteiger partial charge in [-0.05, 0) is 18.2 Å². The fourth-order valence-corrected chi connectivity index (χ4v) is 1.15. The number of hydrogen-bond donors (Lipinski definition) is 1. The molecule has 3 nitrogen and oxygen atoms in total. The molecular weight excluding hydrogens is 258 g/mol. The van der Waals surface area contributed by atoms with E-state index in [9.17, 15) is 4.79 Å². The number of carbonyl (C=O) groups is 1. The summed E-state index contributed by atoms with van der Waals surface area (Å²) in [5.41, 5.74) is 3.04. The summed E-state index contributed by atoms with van der Waals surface area (Å²) in [7, 11) is 0. The number of anilines is 1. The number of ketones is 1. The quantitative estimate of drug-likeness (QED) is 0.671. The van der Waals surface area contributed by atoms with Crippen LogP contribution in [0.15, 0.2) is 23.3 Å². The third-order valence-corrected chi connectivity index (χ3v) is 2.41. The van der Waals surface area contributed by atoms with Crippen molar-refractivity contribution in [3.63, 3.8) is 0 Å². The Kier molecular flexibility index (Phi) is 4.39. The third kappa shape index (κ3) is 3.70. The van der Waals surface area contributed by atoms with E-state index in [1.54, 1.807) is 18.2 Å². The van der Waals surface area contributed by atoms with Gasteiger partial charge in [0.2, 0.25) is 0 Å². The molecule has 0 aliphatic rings. The molecule has 1 aromatic carbocycles. The molecule has 0 saturated heterocycles. The normalized spacial score (nSPS) is 11.3. The number of benzene rings is 1. The van der Waals surface area contributed by atoms with Crippen molar-refractivity contribution in [2.24, 2.45) is 5.10 Å². The first kappa shape index (κ1) is 12.3. The van der Waals surface area contributed by atoms with Crippen molar-refractivity contribution in [2.75, 3.05) is 5.43 Å². The smallest absolute Gasteiger partial charge is 0.191 e. The van der Waals surface area contributed by atoms with Crippen molar-refractivity contribution in [1.82, 2.24) is 0 Å². The lowest BCUT2D eigenvalue weighted by Gasteiger charge is -2.03. The first-order chi connectivity index (χ1) is 7.00. The van der Waals surface area contributed by atoms with Gasteiger partial charge in [0.25, 0.3) is 0 Å². The molecule has 0 bridgehead atoms. The molecule has 0 amide bonds. The minimum absolute atomic E-state index is 0.147. The second-order valence-corrected chi connectivity index (χ2v) is 3.90. The summed E-state index contributed by atoms with van der Waals surface area (Å²) < 4.78 is 0. The van der Waals surface area contributed by atoms with Crippen molar-refractivity contribution in [3.05, 3.63) is 28.2 Å². The molecule has 0 unspecified atom stereocenters. The Balaban J connectivity index is 2.86. The van der Waals surface area contributed by atoms with E-state index in [-0.39, 0.29) is 11.0 Å². The highest BCUT2D eigenvalue weighted by Gasteiger charge is 2.03. The van der Waals surface area contributed by atoms with Crippen LogP contribution in [0.4, 0.5) is 5.69 Å². The Labute approximate surface area is 102 Å². The maximum Gasteiger partial charge on any atom is 0.191 e. The summed E-state index contributed by atoms with van der Waals surface area (Å²) >= 11 is 17.1. The standard InChI is InChI=1S/C9H7Cl3N2O/c1-5(15)9(12)14-13-8-4-6(10)2-3-7(8)11/h2-4,13H,1H3. The molecule has 1 rings (SSSR count). The van der Waals surface area contributed by atoms with Gasteiger partial charge in [0.1, 0.15) is 0 Å². The summed E-state index contributed by atoms with van der Waals surface area (Å²) in [6.45, 7) is 1.31. The zero-order valence-corrected chi connectivity index (χ0v) is 9.99. The lowest BCUT2D eigenvalue weighted by Crippen LogP contribution is -2.04. The zero-order valence-electron chi connectivity index (χ0n) is 7.72. The highest BCUT2D eigenvalue weighted by atomic mass is 35.5. The minimum atomic E-state index is -0.331. The maximum absolute atomic E-state index is 10.8. The van der Waals surface area contributed by atoms with E-state index in [0.29, 0.717) is 15.7 Å². The van der Waals surface area contributed by atoms with Crippen LogP contribution >= 0.6 is 34.8 Å². The highest BCUT2D eigenvalue weighted by Crippen LogP contribution is 2.25. The molecule has 0 heterocycles. The van der Waals surface area contributed by atoms with E-state index in [4.69, 9.17) is 34.8 Å². The number of halogens is 3. The Morgan fingerprint density at radius 3 is 2.67 bits per heavy atom. The van der Waals surface area contributed by atoms with Crippen LogP contribution in [0, 0.1) is 0 Å². The van der Waals surface area contributed by atoms with Crippen LogP contribution in [0.3, 0.4) is 0 Å². The summed E-state index contributed by atoms with van der Waals surface area (Å²) in [5, 5.41) is 4.44. The fraction of sp³-hybridized carbons (Fsp3) is 0.111. The van der Waals surface area contributed by atoms with Gasteiger partial charge in [0, 0.05) is 11.9 Å². The van der Waals surface area contributed by atoms with Gasteiger partial charge in [-0.15, -0.1) is 0 Å². The maximum atomic E-state index is 10.8. The number of rotatable bonds is 3. The van der Waals surface area contributed by atoms with E-state index >= 15 is 0 Å². The Morgan fingerprint density at radius 1 is 1.40 bits per heavy atom. The van der Waals surface area contributed by atoms with Gasteiger partial charge >= 0.3 is 0 Å². The Bertz CT molecular complexity index is 418. The van der Waals surface area contributed by atoms with Crippen molar-refractivity contribution >= 4 is 51.4 Å². The Morgan fingerprint density at radius 2 is 2.07 bits per heavy atom. The van der Waals surface area contributed by atoms with Crippen LogP contribution in [-0.2, 0) is 4.79 Å². The molecule has 0 fully saturated rings. The van der Waals surface area contributed by atoms with Gasteiger partial charge in [0.05, 0.1) is 10.7 Å². The number of hydrazone groups is 1.